The summed E-state index contributed by atoms with van der Waals surface area (Å²) in [6.45, 7) is 1.56. The van der Waals surface area contributed by atoms with Crippen molar-refractivity contribution in [3.8, 4) is 0 Å². The maximum Gasteiger partial charge on any atom is 0.105 e. The zero-order valence-corrected chi connectivity index (χ0v) is 8.32. The molecule has 0 fully saturated rings. The highest BCUT2D eigenvalue weighted by Gasteiger charge is 2.12. The molecule has 0 radical (unpaired) electrons. The quantitative estimate of drug-likeness (QED) is 0.815. The Hall–Kier alpha value is -0.380. The summed E-state index contributed by atoms with van der Waals surface area (Å²) < 4.78 is 0.903. The van der Waals surface area contributed by atoms with Crippen LogP contribution in [-0.4, -0.2) is 16.3 Å². The molecule has 0 aliphatic rings. The molecule has 0 saturated carbocycles. The van der Waals surface area contributed by atoms with Gasteiger partial charge in [-0.15, -0.1) is 0 Å². The molecule has 0 amide bonds. The van der Waals surface area contributed by atoms with Crippen molar-refractivity contribution in [2.45, 2.75) is 19.1 Å². The number of rotatable bonds is 2. The lowest BCUT2D eigenvalue weighted by Crippen LogP contribution is -2.13. The molecule has 2 nitrogen and oxygen atoms in total. The van der Waals surface area contributed by atoms with E-state index in [1.165, 1.54) is 0 Å². The molecule has 1 aromatic rings. The van der Waals surface area contributed by atoms with Crippen molar-refractivity contribution >= 4 is 15.9 Å². The van der Waals surface area contributed by atoms with Gasteiger partial charge in [0.2, 0.25) is 0 Å². The third-order valence-corrected chi connectivity index (χ3v) is 2.14. The molecule has 0 heterocycles. The SMILES string of the molecule is CC(O)C(O)c1cccc(Br)c1. The number of aliphatic hydroxyl groups excluding tert-OH is 2. The molecule has 2 atom stereocenters. The Labute approximate surface area is 80.0 Å². The van der Waals surface area contributed by atoms with Crippen LogP contribution in [0, 0.1) is 0 Å². The monoisotopic (exact) mass is 230 g/mol. The van der Waals surface area contributed by atoms with Crippen molar-refractivity contribution in [3.05, 3.63) is 34.3 Å². The molecule has 2 N–H and O–H groups in total. The van der Waals surface area contributed by atoms with Gasteiger partial charge in [-0.05, 0) is 24.6 Å². The molecule has 1 rings (SSSR count). The largest absolute Gasteiger partial charge is 0.390 e. The smallest absolute Gasteiger partial charge is 0.105 e. The van der Waals surface area contributed by atoms with Crippen molar-refractivity contribution in [2.24, 2.45) is 0 Å². The van der Waals surface area contributed by atoms with Gasteiger partial charge in [0.05, 0.1) is 6.10 Å². The summed E-state index contributed by atoms with van der Waals surface area (Å²) in [7, 11) is 0. The Balaban J connectivity index is 2.88. The van der Waals surface area contributed by atoms with Gasteiger partial charge in [0.15, 0.2) is 0 Å². The van der Waals surface area contributed by atoms with Crippen LogP contribution in [0.3, 0.4) is 0 Å². The Morgan fingerprint density at radius 3 is 2.50 bits per heavy atom. The third kappa shape index (κ3) is 2.30. The minimum atomic E-state index is -0.803. The second-order valence-corrected chi connectivity index (χ2v) is 3.66. The maximum absolute atomic E-state index is 9.45. The van der Waals surface area contributed by atoms with E-state index in [1.807, 2.05) is 12.1 Å². The molecule has 1 aromatic carbocycles. The van der Waals surface area contributed by atoms with E-state index in [-0.39, 0.29) is 0 Å². The summed E-state index contributed by atoms with van der Waals surface area (Å²) in [6, 6.07) is 7.27. The Kier molecular flexibility index (Phi) is 3.26. The first kappa shape index (κ1) is 9.71. The first-order valence-electron chi connectivity index (χ1n) is 3.73. The summed E-state index contributed by atoms with van der Waals surface area (Å²) in [5, 5.41) is 18.6. The van der Waals surface area contributed by atoms with Crippen molar-refractivity contribution < 1.29 is 10.2 Å². The van der Waals surface area contributed by atoms with E-state index in [0.717, 1.165) is 10.0 Å². The van der Waals surface area contributed by atoms with Gasteiger partial charge in [0, 0.05) is 4.47 Å². The van der Waals surface area contributed by atoms with E-state index in [1.54, 1.807) is 19.1 Å². The van der Waals surface area contributed by atoms with Crippen LogP contribution in [0.1, 0.15) is 18.6 Å². The maximum atomic E-state index is 9.45. The molecule has 66 valence electrons. The van der Waals surface area contributed by atoms with E-state index in [9.17, 15) is 5.11 Å². The molecule has 0 aromatic heterocycles. The molecule has 0 bridgehead atoms. The Morgan fingerprint density at radius 2 is 2.00 bits per heavy atom. The molecule has 0 aliphatic heterocycles. The van der Waals surface area contributed by atoms with Crippen LogP contribution in [-0.2, 0) is 0 Å². The van der Waals surface area contributed by atoms with Crippen LogP contribution in [0.15, 0.2) is 28.7 Å². The standard InChI is InChI=1S/C9H11BrO2/c1-6(11)9(12)7-3-2-4-8(10)5-7/h2-6,9,11-12H,1H3. The number of hydrogen-bond donors (Lipinski definition) is 2. The molecule has 0 saturated heterocycles. The minimum absolute atomic E-state index is 0.722. The van der Waals surface area contributed by atoms with Crippen LogP contribution in [0.2, 0.25) is 0 Å². The van der Waals surface area contributed by atoms with E-state index in [2.05, 4.69) is 15.9 Å². The fourth-order valence-electron chi connectivity index (χ4n) is 0.969. The molecular weight excluding hydrogens is 220 g/mol. The van der Waals surface area contributed by atoms with E-state index >= 15 is 0 Å². The van der Waals surface area contributed by atoms with Crippen molar-refractivity contribution in [2.75, 3.05) is 0 Å². The number of benzene rings is 1. The second kappa shape index (κ2) is 4.03. The van der Waals surface area contributed by atoms with Gasteiger partial charge in [-0.25, -0.2) is 0 Å². The van der Waals surface area contributed by atoms with E-state index in [4.69, 9.17) is 5.11 Å². The van der Waals surface area contributed by atoms with Crippen LogP contribution in [0.25, 0.3) is 0 Å². The van der Waals surface area contributed by atoms with Crippen LogP contribution >= 0.6 is 15.9 Å². The average molecular weight is 231 g/mol. The zero-order valence-electron chi connectivity index (χ0n) is 6.74. The summed E-state index contributed by atoms with van der Waals surface area (Å²) in [6.07, 6.45) is -1.54. The van der Waals surface area contributed by atoms with Gasteiger partial charge < -0.3 is 10.2 Å². The topological polar surface area (TPSA) is 40.5 Å². The third-order valence-electron chi connectivity index (χ3n) is 1.65. The van der Waals surface area contributed by atoms with Crippen LogP contribution < -0.4 is 0 Å². The van der Waals surface area contributed by atoms with Gasteiger partial charge in [-0.1, -0.05) is 28.1 Å². The van der Waals surface area contributed by atoms with Gasteiger partial charge >= 0.3 is 0 Å². The normalized spacial score (nSPS) is 15.7. The molecule has 2 unspecified atom stereocenters. The average Bonchev–Trinajstić information content (AvgIpc) is 2.03. The zero-order chi connectivity index (χ0) is 9.14. The van der Waals surface area contributed by atoms with E-state index < -0.39 is 12.2 Å². The molecule has 12 heavy (non-hydrogen) atoms. The molecular formula is C9H11BrO2. The molecule has 0 spiro atoms. The highest BCUT2D eigenvalue weighted by Crippen LogP contribution is 2.20. The summed E-state index contributed by atoms with van der Waals surface area (Å²) >= 11 is 3.29. The fourth-order valence-corrected chi connectivity index (χ4v) is 1.39. The minimum Gasteiger partial charge on any atom is -0.390 e. The van der Waals surface area contributed by atoms with Crippen molar-refractivity contribution in [1.82, 2.24) is 0 Å². The number of aliphatic hydroxyl groups is 2. The lowest BCUT2D eigenvalue weighted by molar-refractivity contribution is 0.0305. The first-order chi connectivity index (χ1) is 5.61. The molecule has 3 heteroatoms. The summed E-state index contributed by atoms with van der Waals surface area (Å²) in [5.74, 6) is 0. The highest BCUT2D eigenvalue weighted by molar-refractivity contribution is 9.10. The Morgan fingerprint density at radius 1 is 1.33 bits per heavy atom. The first-order valence-corrected chi connectivity index (χ1v) is 4.52. The summed E-state index contributed by atoms with van der Waals surface area (Å²) in [4.78, 5) is 0. The number of hydrogen-bond acceptors (Lipinski definition) is 2. The summed E-state index contributed by atoms with van der Waals surface area (Å²) in [5.41, 5.74) is 0.722. The lowest BCUT2D eigenvalue weighted by atomic mass is 10.1. The van der Waals surface area contributed by atoms with Crippen molar-refractivity contribution in [1.29, 1.82) is 0 Å². The molecule has 0 aliphatic carbocycles. The van der Waals surface area contributed by atoms with Crippen molar-refractivity contribution in [3.63, 3.8) is 0 Å². The van der Waals surface area contributed by atoms with Gasteiger partial charge in [0.1, 0.15) is 6.10 Å². The van der Waals surface area contributed by atoms with Crippen LogP contribution in [0.5, 0.6) is 0 Å². The predicted octanol–water partition coefficient (Wildman–Crippen LogP) is 1.86. The predicted molar refractivity (Wildman–Crippen MR) is 50.8 cm³/mol. The number of halogens is 1. The van der Waals surface area contributed by atoms with E-state index in [0.29, 0.717) is 0 Å². The fraction of sp³-hybridized carbons (Fsp3) is 0.333. The highest BCUT2D eigenvalue weighted by atomic mass is 79.9. The van der Waals surface area contributed by atoms with Gasteiger partial charge in [0.25, 0.3) is 0 Å². The van der Waals surface area contributed by atoms with Gasteiger partial charge in [-0.3, -0.25) is 0 Å². The van der Waals surface area contributed by atoms with Gasteiger partial charge in [-0.2, -0.15) is 0 Å². The second-order valence-electron chi connectivity index (χ2n) is 2.74. The van der Waals surface area contributed by atoms with Crippen LogP contribution in [0.4, 0.5) is 0 Å². The Bertz CT molecular complexity index is 260. The lowest BCUT2D eigenvalue weighted by Gasteiger charge is -2.13.